The van der Waals surface area contributed by atoms with Gasteiger partial charge in [0.15, 0.2) is 0 Å². The van der Waals surface area contributed by atoms with Gasteiger partial charge in [0, 0.05) is 5.88 Å². The van der Waals surface area contributed by atoms with E-state index >= 15 is 0 Å². The molecule has 84 valence electrons. The molecule has 4 heteroatoms. The molecule has 0 atom stereocenters. The van der Waals surface area contributed by atoms with Crippen LogP contribution in [0.2, 0.25) is 0 Å². The highest BCUT2D eigenvalue weighted by Crippen LogP contribution is 2.21. The maximum atomic E-state index is 11.3. The highest BCUT2D eigenvalue weighted by atomic mass is 35.5. The summed E-state index contributed by atoms with van der Waals surface area (Å²) in [5.74, 6) is -0.0881. The zero-order chi connectivity index (χ0) is 12.1. The first-order valence-corrected chi connectivity index (χ1v) is 5.31. The number of methoxy groups -OCH3 is 1. The lowest BCUT2D eigenvalue weighted by molar-refractivity contribution is -0.139. The number of hydrogen-bond donors (Lipinski definition) is 0. The van der Waals surface area contributed by atoms with Crippen LogP contribution in [0.1, 0.15) is 22.3 Å². The highest BCUT2D eigenvalue weighted by molar-refractivity contribution is 6.17. The van der Waals surface area contributed by atoms with Gasteiger partial charge < -0.3 is 4.74 Å². The van der Waals surface area contributed by atoms with E-state index in [-0.39, 0.29) is 18.3 Å². The third-order valence-corrected chi connectivity index (χ3v) is 2.71. The lowest BCUT2D eigenvalue weighted by Gasteiger charge is -2.10. The second-order valence-corrected chi connectivity index (χ2v) is 3.66. The zero-order valence-corrected chi connectivity index (χ0v) is 9.97. The fourth-order valence-electron chi connectivity index (χ4n) is 1.51. The summed E-state index contributed by atoms with van der Waals surface area (Å²) in [5, 5.41) is 9.06. The Morgan fingerprint density at radius 2 is 2.25 bits per heavy atom. The minimum absolute atomic E-state index is 0.0864. The number of nitriles is 1. The Kier molecular flexibility index (Phi) is 4.33. The normalized spacial score (nSPS) is 9.62. The minimum atomic E-state index is -0.367. The second-order valence-electron chi connectivity index (χ2n) is 3.39. The molecule has 1 aromatic rings. The Hall–Kier alpha value is -1.53. The Morgan fingerprint density at radius 3 is 2.75 bits per heavy atom. The lowest BCUT2D eigenvalue weighted by atomic mass is 9.96. The smallest absolute Gasteiger partial charge is 0.310 e. The van der Waals surface area contributed by atoms with E-state index in [1.165, 1.54) is 7.11 Å². The van der Waals surface area contributed by atoms with Crippen LogP contribution in [0.5, 0.6) is 0 Å². The molecule has 0 aliphatic carbocycles. The summed E-state index contributed by atoms with van der Waals surface area (Å²) in [6, 6.07) is 5.77. The number of nitrogens with zero attached hydrogens (tertiary/aromatic N) is 1. The van der Waals surface area contributed by atoms with E-state index in [9.17, 15) is 4.79 Å². The molecular weight excluding hydrogens is 226 g/mol. The van der Waals surface area contributed by atoms with Crippen LogP contribution in [-0.4, -0.2) is 13.1 Å². The van der Waals surface area contributed by atoms with Gasteiger partial charge in [-0.2, -0.15) is 5.26 Å². The molecule has 0 saturated heterocycles. The number of rotatable bonds is 3. The average molecular weight is 238 g/mol. The molecule has 1 rings (SSSR count). The van der Waals surface area contributed by atoms with Crippen molar-refractivity contribution in [2.75, 3.05) is 7.11 Å². The van der Waals surface area contributed by atoms with Gasteiger partial charge in [0.1, 0.15) is 0 Å². The first kappa shape index (κ1) is 12.5. The third-order valence-electron chi connectivity index (χ3n) is 2.42. The second kappa shape index (κ2) is 5.53. The zero-order valence-electron chi connectivity index (χ0n) is 9.21. The summed E-state index contributed by atoms with van der Waals surface area (Å²) in [4.78, 5) is 11.3. The van der Waals surface area contributed by atoms with E-state index in [0.717, 1.165) is 11.1 Å². The predicted molar refractivity (Wildman–Crippen MR) is 61.2 cm³/mol. The van der Waals surface area contributed by atoms with Crippen molar-refractivity contribution in [2.45, 2.75) is 19.2 Å². The van der Waals surface area contributed by atoms with Crippen LogP contribution in [0.3, 0.4) is 0 Å². The molecule has 0 bridgehead atoms. The molecule has 0 N–H and O–H groups in total. The molecular formula is C12H12ClNO2. The summed E-state index contributed by atoms with van der Waals surface area (Å²) < 4.78 is 4.60. The molecule has 3 nitrogen and oxygen atoms in total. The fraction of sp³-hybridized carbons (Fsp3) is 0.333. The summed E-state index contributed by atoms with van der Waals surface area (Å²) in [5.41, 5.74) is 2.83. The molecule has 0 radical (unpaired) electrons. The molecule has 16 heavy (non-hydrogen) atoms. The molecule has 0 aliphatic heterocycles. The van der Waals surface area contributed by atoms with Gasteiger partial charge in [-0.25, -0.2) is 0 Å². The molecule has 0 heterocycles. The number of carbonyl (C=O) groups is 1. The number of ether oxygens (including phenoxy) is 1. The van der Waals surface area contributed by atoms with Crippen molar-refractivity contribution in [2.24, 2.45) is 0 Å². The molecule has 0 unspecified atom stereocenters. The maximum Gasteiger partial charge on any atom is 0.310 e. The van der Waals surface area contributed by atoms with E-state index in [0.29, 0.717) is 11.1 Å². The van der Waals surface area contributed by atoms with Gasteiger partial charge in [-0.05, 0) is 23.6 Å². The number of benzene rings is 1. The van der Waals surface area contributed by atoms with E-state index in [1.54, 1.807) is 0 Å². The van der Waals surface area contributed by atoms with Crippen LogP contribution < -0.4 is 0 Å². The van der Waals surface area contributed by atoms with E-state index in [1.807, 2.05) is 19.1 Å². The topological polar surface area (TPSA) is 50.1 Å². The number of esters is 1. The molecule has 1 aromatic carbocycles. The van der Waals surface area contributed by atoms with Crippen LogP contribution in [-0.2, 0) is 21.8 Å². The van der Waals surface area contributed by atoms with Crippen LogP contribution in [0, 0.1) is 18.3 Å². The Morgan fingerprint density at radius 1 is 1.56 bits per heavy atom. The van der Waals surface area contributed by atoms with Gasteiger partial charge in [0.05, 0.1) is 25.2 Å². The first-order valence-electron chi connectivity index (χ1n) is 4.78. The maximum absolute atomic E-state index is 11.3. The summed E-state index contributed by atoms with van der Waals surface area (Å²) in [7, 11) is 1.32. The summed E-state index contributed by atoms with van der Waals surface area (Å²) >= 11 is 5.78. The average Bonchev–Trinajstić information content (AvgIpc) is 2.29. The monoisotopic (exact) mass is 237 g/mol. The van der Waals surface area contributed by atoms with Crippen molar-refractivity contribution in [3.05, 3.63) is 34.4 Å². The number of halogens is 1. The van der Waals surface area contributed by atoms with Crippen LogP contribution in [0.4, 0.5) is 0 Å². The molecule has 0 aromatic heterocycles. The van der Waals surface area contributed by atoms with Gasteiger partial charge in [0.2, 0.25) is 0 Å². The van der Waals surface area contributed by atoms with Crippen molar-refractivity contribution in [3.8, 4) is 6.07 Å². The largest absolute Gasteiger partial charge is 0.469 e. The molecule has 0 amide bonds. The minimum Gasteiger partial charge on any atom is -0.469 e. The fourth-order valence-corrected chi connectivity index (χ4v) is 1.76. The number of aryl methyl sites for hydroxylation is 1. The third kappa shape index (κ3) is 2.53. The Bertz CT molecular complexity index is 449. The van der Waals surface area contributed by atoms with E-state index in [2.05, 4.69) is 10.8 Å². The van der Waals surface area contributed by atoms with Crippen LogP contribution >= 0.6 is 11.6 Å². The van der Waals surface area contributed by atoms with Gasteiger partial charge in [0.25, 0.3) is 0 Å². The molecule has 0 fully saturated rings. The SMILES string of the molecule is COC(=O)Cc1c(CCl)ccc(C)c1C#N. The van der Waals surface area contributed by atoms with Crippen molar-refractivity contribution in [1.29, 1.82) is 5.26 Å². The van der Waals surface area contributed by atoms with Gasteiger partial charge in [-0.1, -0.05) is 12.1 Å². The van der Waals surface area contributed by atoms with Crippen molar-refractivity contribution >= 4 is 17.6 Å². The van der Waals surface area contributed by atoms with Crippen LogP contribution in [0.25, 0.3) is 0 Å². The quantitative estimate of drug-likeness (QED) is 0.599. The molecule has 0 spiro atoms. The van der Waals surface area contributed by atoms with Gasteiger partial charge in [-0.3, -0.25) is 4.79 Å². The standard InChI is InChI=1S/C12H12ClNO2/c1-8-3-4-9(6-13)10(11(8)7-14)5-12(15)16-2/h3-4H,5-6H2,1-2H3. The number of alkyl halides is 1. The Balaban J connectivity index is 3.26. The molecule has 0 saturated carbocycles. The lowest BCUT2D eigenvalue weighted by Crippen LogP contribution is -2.09. The predicted octanol–water partition coefficient (Wildman–Crippen LogP) is 2.32. The van der Waals surface area contributed by atoms with Crippen LogP contribution in [0.15, 0.2) is 12.1 Å². The highest BCUT2D eigenvalue weighted by Gasteiger charge is 2.14. The summed E-state index contributed by atoms with van der Waals surface area (Å²) in [6.07, 6.45) is 0.0864. The molecule has 0 aliphatic rings. The van der Waals surface area contributed by atoms with Crippen molar-refractivity contribution in [3.63, 3.8) is 0 Å². The van der Waals surface area contributed by atoms with E-state index in [4.69, 9.17) is 16.9 Å². The number of hydrogen-bond acceptors (Lipinski definition) is 3. The van der Waals surface area contributed by atoms with Gasteiger partial charge in [-0.15, -0.1) is 11.6 Å². The van der Waals surface area contributed by atoms with E-state index < -0.39 is 0 Å². The van der Waals surface area contributed by atoms with Crippen molar-refractivity contribution < 1.29 is 9.53 Å². The first-order chi connectivity index (χ1) is 7.63. The number of carbonyl (C=O) groups excluding carboxylic acids is 1. The Labute approximate surface area is 99.6 Å². The van der Waals surface area contributed by atoms with Crippen molar-refractivity contribution in [1.82, 2.24) is 0 Å². The summed E-state index contributed by atoms with van der Waals surface area (Å²) in [6.45, 7) is 1.83. The van der Waals surface area contributed by atoms with Gasteiger partial charge >= 0.3 is 5.97 Å².